The third-order valence-corrected chi connectivity index (χ3v) is 3.23. The summed E-state index contributed by atoms with van der Waals surface area (Å²) < 4.78 is 11.4. The summed E-state index contributed by atoms with van der Waals surface area (Å²) in [4.78, 5) is 2.52. The van der Waals surface area contributed by atoms with Gasteiger partial charge in [0, 0.05) is 19.7 Å². The molecule has 0 aromatic heterocycles. The molecular weight excluding hydrogens is 226 g/mol. The monoisotopic (exact) mass is 257 g/mol. The fraction of sp³-hybridized carbons (Fsp3) is 1.00. The van der Waals surface area contributed by atoms with Crippen LogP contribution >= 0.6 is 0 Å². The third-order valence-electron chi connectivity index (χ3n) is 3.23. The van der Waals surface area contributed by atoms with Gasteiger partial charge in [0.05, 0.1) is 19.3 Å². The van der Waals surface area contributed by atoms with Gasteiger partial charge in [-0.15, -0.1) is 0 Å². The molecule has 1 rings (SSSR count). The molecule has 1 saturated heterocycles. The molecule has 1 heterocycles. The molecule has 0 aromatic carbocycles. The van der Waals surface area contributed by atoms with Gasteiger partial charge < -0.3 is 9.47 Å². The lowest BCUT2D eigenvalue weighted by Crippen LogP contribution is -2.44. The smallest absolute Gasteiger partial charge is 0.0935 e. The Bertz CT molecular complexity index is 187. The first kappa shape index (κ1) is 15.9. The van der Waals surface area contributed by atoms with E-state index in [2.05, 4.69) is 32.6 Å². The molecule has 108 valence electrons. The molecule has 3 heteroatoms. The Balaban J connectivity index is 2.11. The van der Waals surface area contributed by atoms with Gasteiger partial charge in [0.25, 0.3) is 0 Å². The van der Waals surface area contributed by atoms with Crippen molar-refractivity contribution < 1.29 is 9.47 Å². The van der Waals surface area contributed by atoms with Crippen molar-refractivity contribution in [3.05, 3.63) is 0 Å². The van der Waals surface area contributed by atoms with Gasteiger partial charge in [-0.05, 0) is 31.2 Å². The predicted octanol–water partition coefficient (Wildman–Crippen LogP) is 2.80. The Morgan fingerprint density at radius 1 is 1.22 bits per heavy atom. The first-order valence-electron chi connectivity index (χ1n) is 7.49. The molecule has 0 saturated carbocycles. The van der Waals surface area contributed by atoms with Crippen molar-refractivity contribution in [2.75, 3.05) is 39.5 Å². The molecule has 3 nitrogen and oxygen atoms in total. The van der Waals surface area contributed by atoms with Gasteiger partial charge in [-0.25, -0.2) is 0 Å². The normalized spacial score (nSPS) is 22.0. The quantitative estimate of drug-likeness (QED) is 0.667. The van der Waals surface area contributed by atoms with E-state index in [1.54, 1.807) is 0 Å². The van der Waals surface area contributed by atoms with Crippen LogP contribution in [0.2, 0.25) is 0 Å². The van der Waals surface area contributed by atoms with Crippen LogP contribution in [0.4, 0.5) is 0 Å². The van der Waals surface area contributed by atoms with Crippen LogP contribution in [0, 0.1) is 11.8 Å². The maximum absolute atomic E-state index is 5.75. The highest BCUT2D eigenvalue weighted by molar-refractivity contribution is 4.71. The van der Waals surface area contributed by atoms with Crippen molar-refractivity contribution in [3.63, 3.8) is 0 Å². The van der Waals surface area contributed by atoms with E-state index in [1.807, 2.05) is 0 Å². The summed E-state index contributed by atoms with van der Waals surface area (Å²) >= 11 is 0. The molecular formula is C15H31NO2. The minimum atomic E-state index is 0.275. The highest BCUT2D eigenvalue weighted by atomic mass is 16.5. The maximum atomic E-state index is 5.75. The number of hydrogen-bond donors (Lipinski definition) is 0. The van der Waals surface area contributed by atoms with Gasteiger partial charge in [0.15, 0.2) is 0 Å². The van der Waals surface area contributed by atoms with Gasteiger partial charge in [0.2, 0.25) is 0 Å². The lowest BCUT2D eigenvalue weighted by Gasteiger charge is -2.33. The zero-order chi connectivity index (χ0) is 13.4. The van der Waals surface area contributed by atoms with Crippen molar-refractivity contribution in [3.8, 4) is 0 Å². The van der Waals surface area contributed by atoms with Crippen molar-refractivity contribution in [1.82, 2.24) is 4.90 Å². The summed E-state index contributed by atoms with van der Waals surface area (Å²) in [5.74, 6) is 1.42. The van der Waals surface area contributed by atoms with E-state index in [-0.39, 0.29) is 6.10 Å². The molecule has 0 bridgehead atoms. The van der Waals surface area contributed by atoms with E-state index in [1.165, 1.54) is 19.4 Å². The van der Waals surface area contributed by atoms with Crippen molar-refractivity contribution in [2.45, 2.75) is 46.6 Å². The van der Waals surface area contributed by atoms with Crippen LogP contribution in [-0.4, -0.2) is 50.5 Å². The summed E-state index contributed by atoms with van der Waals surface area (Å²) in [5.41, 5.74) is 0. The van der Waals surface area contributed by atoms with Gasteiger partial charge >= 0.3 is 0 Å². The molecule has 18 heavy (non-hydrogen) atoms. The number of ether oxygens (including phenoxy) is 2. The van der Waals surface area contributed by atoms with Crippen LogP contribution in [0.15, 0.2) is 0 Å². The first-order chi connectivity index (χ1) is 8.58. The fourth-order valence-corrected chi connectivity index (χ4v) is 2.24. The Morgan fingerprint density at radius 2 is 2.00 bits per heavy atom. The van der Waals surface area contributed by atoms with E-state index in [0.717, 1.165) is 38.8 Å². The highest BCUT2D eigenvalue weighted by Crippen LogP contribution is 2.10. The number of nitrogens with zero attached hydrogens (tertiary/aromatic N) is 1. The molecule has 0 aromatic rings. The van der Waals surface area contributed by atoms with Crippen LogP contribution in [-0.2, 0) is 9.47 Å². The summed E-state index contributed by atoms with van der Waals surface area (Å²) in [7, 11) is 0. The molecule has 0 N–H and O–H groups in total. The van der Waals surface area contributed by atoms with Gasteiger partial charge in [-0.3, -0.25) is 4.90 Å². The lowest BCUT2D eigenvalue weighted by molar-refractivity contribution is -0.0723. The van der Waals surface area contributed by atoms with Crippen molar-refractivity contribution in [2.24, 2.45) is 11.8 Å². The van der Waals surface area contributed by atoms with Crippen LogP contribution in [0.3, 0.4) is 0 Å². The topological polar surface area (TPSA) is 21.7 Å². The van der Waals surface area contributed by atoms with Crippen molar-refractivity contribution >= 4 is 0 Å². The molecule has 1 aliphatic rings. The van der Waals surface area contributed by atoms with E-state index in [0.29, 0.717) is 5.92 Å². The first-order valence-corrected chi connectivity index (χ1v) is 7.49. The second-order valence-corrected chi connectivity index (χ2v) is 6.26. The maximum Gasteiger partial charge on any atom is 0.0935 e. The highest BCUT2D eigenvalue weighted by Gasteiger charge is 2.20. The van der Waals surface area contributed by atoms with Crippen molar-refractivity contribution in [1.29, 1.82) is 0 Å². The molecule has 0 aliphatic carbocycles. The van der Waals surface area contributed by atoms with E-state index < -0.39 is 0 Å². The van der Waals surface area contributed by atoms with Gasteiger partial charge in [0.1, 0.15) is 0 Å². The number of hydrogen-bond acceptors (Lipinski definition) is 3. The van der Waals surface area contributed by atoms with E-state index >= 15 is 0 Å². The second kappa shape index (κ2) is 8.89. The standard InChI is InChI=1S/C15H31NO2/c1-13(2)6-5-7-16-8-9-18-15(10-16)12-17-11-14(3)4/h13-15H,5-12H2,1-4H3/t15-/m0/s1. The third kappa shape index (κ3) is 7.34. The molecule has 0 unspecified atom stereocenters. The summed E-state index contributed by atoms with van der Waals surface area (Å²) in [6.45, 7) is 14.7. The van der Waals surface area contributed by atoms with E-state index in [4.69, 9.17) is 9.47 Å². The molecule has 1 fully saturated rings. The largest absolute Gasteiger partial charge is 0.378 e. The Morgan fingerprint density at radius 3 is 2.67 bits per heavy atom. The SMILES string of the molecule is CC(C)CCCN1CCO[C@H](COCC(C)C)C1. The fourth-order valence-electron chi connectivity index (χ4n) is 2.24. The molecule has 0 radical (unpaired) electrons. The lowest BCUT2D eigenvalue weighted by atomic mass is 10.1. The Labute approximate surface area is 113 Å². The van der Waals surface area contributed by atoms with E-state index in [9.17, 15) is 0 Å². The predicted molar refractivity (Wildman–Crippen MR) is 75.9 cm³/mol. The number of rotatable bonds is 8. The minimum absolute atomic E-state index is 0.275. The molecule has 1 aliphatic heterocycles. The second-order valence-electron chi connectivity index (χ2n) is 6.26. The Kier molecular flexibility index (Phi) is 7.87. The van der Waals surface area contributed by atoms with Crippen LogP contribution in [0.5, 0.6) is 0 Å². The van der Waals surface area contributed by atoms with Crippen LogP contribution in [0.1, 0.15) is 40.5 Å². The van der Waals surface area contributed by atoms with Gasteiger partial charge in [-0.2, -0.15) is 0 Å². The molecule has 1 atom stereocenters. The summed E-state index contributed by atoms with van der Waals surface area (Å²) in [6.07, 6.45) is 2.90. The zero-order valence-electron chi connectivity index (χ0n) is 12.7. The molecule has 0 amide bonds. The summed E-state index contributed by atoms with van der Waals surface area (Å²) in [5, 5.41) is 0. The van der Waals surface area contributed by atoms with Crippen LogP contribution < -0.4 is 0 Å². The minimum Gasteiger partial charge on any atom is -0.378 e. The number of morpholine rings is 1. The Hall–Kier alpha value is -0.120. The van der Waals surface area contributed by atoms with Gasteiger partial charge in [-0.1, -0.05) is 27.7 Å². The average molecular weight is 257 g/mol. The zero-order valence-corrected chi connectivity index (χ0v) is 12.7. The molecule has 0 spiro atoms. The summed E-state index contributed by atoms with van der Waals surface area (Å²) in [6, 6.07) is 0. The average Bonchev–Trinajstić information content (AvgIpc) is 2.28. The van der Waals surface area contributed by atoms with Crippen LogP contribution in [0.25, 0.3) is 0 Å².